The van der Waals surface area contributed by atoms with E-state index in [0.717, 1.165) is 0 Å². The fraction of sp³-hybridized carbons (Fsp3) is 0.125. The minimum absolute atomic E-state index is 0. The van der Waals surface area contributed by atoms with Gasteiger partial charge in [0, 0.05) is 16.1 Å². The van der Waals surface area contributed by atoms with Crippen molar-refractivity contribution >= 4 is 57.1 Å². The zero-order valence-corrected chi connectivity index (χ0v) is 8.52. The van der Waals surface area contributed by atoms with E-state index < -0.39 is 10.9 Å². The van der Waals surface area contributed by atoms with Crippen molar-refractivity contribution in [3.63, 3.8) is 0 Å². The first kappa shape index (κ1) is 14.6. The Bertz CT molecular complexity index is 396. The van der Waals surface area contributed by atoms with Gasteiger partial charge in [0.1, 0.15) is 0 Å². The second kappa shape index (κ2) is 6.22. The van der Waals surface area contributed by atoms with Crippen LogP contribution in [0.3, 0.4) is 0 Å². The summed E-state index contributed by atoms with van der Waals surface area (Å²) in [5.74, 6) is -1.09. The van der Waals surface area contributed by atoms with E-state index in [4.69, 9.17) is 5.11 Å². The number of hydrogen-bond donors (Lipinski definition) is 1. The maximum absolute atomic E-state index is 10.5. The van der Waals surface area contributed by atoms with Gasteiger partial charge < -0.3 is 5.11 Å². The van der Waals surface area contributed by atoms with Crippen LogP contribution in [-0.4, -0.2) is 45.6 Å². The van der Waals surface area contributed by atoms with E-state index in [1.165, 1.54) is 12.1 Å². The van der Waals surface area contributed by atoms with Crippen molar-refractivity contribution < 1.29 is 14.8 Å². The first-order chi connectivity index (χ1) is 6.50. The second-order valence-electron chi connectivity index (χ2n) is 2.60. The molecule has 0 radical (unpaired) electrons. The molecule has 1 aromatic carbocycles. The molecule has 0 aliphatic heterocycles. The maximum atomic E-state index is 10.5. The molecule has 0 bridgehead atoms. The molecule has 0 heterocycles. The van der Waals surface area contributed by atoms with Crippen molar-refractivity contribution in [2.75, 3.05) is 0 Å². The SMILES string of the molecule is O=C(O)Cc1ccc(Br)cc1[N+](=O)[O-].[NaH]. The van der Waals surface area contributed by atoms with Crippen LogP contribution in [0.2, 0.25) is 0 Å². The molecular formula is C8H7BrNNaO4. The van der Waals surface area contributed by atoms with Crippen LogP contribution in [0.25, 0.3) is 0 Å². The Hall–Kier alpha value is -0.430. The molecule has 0 unspecified atom stereocenters. The number of halogens is 1. The third-order valence-corrected chi connectivity index (χ3v) is 2.08. The summed E-state index contributed by atoms with van der Waals surface area (Å²) in [7, 11) is 0. The van der Waals surface area contributed by atoms with Crippen LogP contribution in [0, 0.1) is 10.1 Å². The number of carboxylic acid groups (broad SMARTS) is 1. The Balaban J connectivity index is 0.00000196. The third-order valence-electron chi connectivity index (χ3n) is 1.59. The van der Waals surface area contributed by atoms with Gasteiger partial charge in [-0.25, -0.2) is 0 Å². The van der Waals surface area contributed by atoms with Gasteiger partial charge in [0.25, 0.3) is 5.69 Å². The van der Waals surface area contributed by atoms with E-state index in [1.54, 1.807) is 6.07 Å². The number of rotatable bonds is 3. The van der Waals surface area contributed by atoms with Gasteiger partial charge in [0.2, 0.25) is 0 Å². The predicted octanol–water partition coefficient (Wildman–Crippen LogP) is 1.34. The average Bonchev–Trinajstić information content (AvgIpc) is 2.07. The molecule has 15 heavy (non-hydrogen) atoms. The molecule has 0 aliphatic carbocycles. The summed E-state index contributed by atoms with van der Waals surface area (Å²) in [5.41, 5.74) is 0.0208. The first-order valence-electron chi connectivity index (χ1n) is 3.65. The molecule has 7 heteroatoms. The normalized spacial score (nSPS) is 9.13. The Morgan fingerprint density at radius 3 is 2.60 bits per heavy atom. The molecule has 0 aromatic heterocycles. The average molecular weight is 284 g/mol. The number of hydrogen-bond acceptors (Lipinski definition) is 3. The molecule has 0 saturated carbocycles. The summed E-state index contributed by atoms with van der Waals surface area (Å²) >= 11 is 3.08. The van der Waals surface area contributed by atoms with Crippen LogP contribution in [0.4, 0.5) is 5.69 Å². The summed E-state index contributed by atoms with van der Waals surface area (Å²) in [4.78, 5) is 20.3. The van der Waals surface area contributed by atoms with E-state index in [-0.39, 0.29) is 47.2 Å². The molecule has 0 amide bonds. The Morgan fingerprint density at radius 1 is 1.53 bits per heavy atom. The number of nitro groups is 1. The number of carboxylic acids is 1. The number of aliphatic carboxylic acids is 1. The van der Waals surface area contributed by atoms with Crippen molar-refractivity contribution in [1.82, 2.24) is 0 Å². The number of nitro benzene ring substituents is 1. The van der Waals surface area contributed by atoms with E-state index in [1.807, 2.05) is 0 Å². The van der Waals surface area contributed by atoms with Gasteiger partial charge in [-0.2, -0.15) is 0 Å². The fourth-order valence-corrected chi connectivity index (χ4v) is 1.37. The van der Waals surface area contributed by atoms with Crippen LogP contribution in [0.15, 0.2) is 22.7 Å². The standard InChI is InChI=1S/C8H6BrNO4.Na.H/c9-6-2-1-5(3-8(11)12)7(4-6)10(13)14;;/h1-2,4H,3H2,(H,11,12);;. The van der Waals surface area contributed by atoms with Gasteiger partial charge >= 0.3 is 35.5 Å². The Morgan fingerprint density at radius 2 is 2.13 bits per heavy atom. The molecule has 1 N–H and O–H groups in total. The number of carbonyl (C=O) groups is 1. The fourth-order valence-electron chi connectivity index (χ4n) is 1.02. The summed E-state index contributed by atoms with van der Waals surface area (Å²) in [6.07, 6.45) is -0.344. The van der Waals surface area contributed by atoms with E-state index >= 15 is 0 Å². The van der Waals surface area contributed by atoms with Crippen LogP contribution in [0.5, 0.6) is 0 Å². The van der Waals surface area contributed by atoms with Crippen molar-refractivity contribution in [3.05, 3.63) is 38.3 Å². The molecule has 1 aromatic rings. The molecule has 5 nitrogen and oxygen atoms in total. The minimum atomic E-state index is -1.09. The zero-order chi connectivity index (χ0) is 10.7. The quantitative estimate of drug-likeness (QED) is 0.516. The molecule has 0 atom stereocenters. The van der Waals surface area contributed by atoms with Gasteiger partial charge in [0.15, 0.2) is 0 Å². The molecule has 76 valence electrons. The topological polar surface area (TPSA) is 80.4 Å². The van der Waals surface area contributed by atoms with E-state index in [9.17, 15) is 14.9 Å². The molecule has 0 saturated heterocycles. The molecule has 0 spiro atoms. The Labute approximate surface area is 116 Å². The van der Waals surface area contributed by atoms with Crippen molar-refractivity contribution in [3.8, 4) is 0 Å². The Kier molecular flexibility index (Phi) is 6.04. The molecule has 0 aliphatic rings. The third kappa shape index (κ3) is 4.29. The van der Waals surface area contributed by atoms with Crippen molar-refractivity contribution in [2.24, 2.45) is 0 Å². The van der Waals surface area contributed by atoms with Gasteiger partial charge in [0.05, 0.1) is 11.3 Å². The van der Waals surface area contributed by atoms with Crippen molar-refractivity contribution in [1.29, 1.82) is 0 Å². The first-order valence-corrected chi connectivity index (χ1v) is 4.44. The van der Waals surface area contributed by atoms with Crippen LogP contribution in [-0.2, 0) is 11.2 Å². The zero-order valence-electron chi connectivity index (χ0n) is 6.94. The summed E-state index contributed by atoms with van der Waals surface area (Å²) in [5, 5.41) is 19.1. The second-order valence-corrected chi connectivity index (χ2v) is 3.52. The molecule has 1 rings (SSSR count). The van der Waals surface area contributed by atoms with Gasteiger partial charge in [-0.3, -0.25) is 14.9 Å². The summed E-state index contributed by atoms with van der Waals surface area (Å²) in [6.45, 7) is 0. The van der Waals surface area contributed by atoms with Crippen LogP contribution in [0.1, 0.15) is 5.56 Å². The number of nitrogens with zero attached hydrogens (tertiary/aromatic N) is 1. The van der Waals surface area contributed by atoms with Crippen LogP contribution >= 0.6 is 15.9 Å². The number of benzene rings is 1. The molecule has 0 fully saturated rings. The molecular weight excluding hydrogens is 277 g/mol. The van der Waals surface area contributed by atoms with E-state index in [0.29, 0.717) is 4.47 Å². The van der Waals surface area contributed by atoms with Crippen LogP contribution < -0.4 is 0 Å². The van der Waals surface area contributed by atoms with E-state index in [2.05, 4.69) is 15.9 Å². The summed E-state index contributed by atoms with van der Waals surface area (Å²) in [6, 6.07) is 4.29. The monoisotopic (exact) mass is 283 g/mol. The van der Waals surface area contributed by atoms with Gasteiger partial charge in [-0.15, -0.1) is 0 Å². The van der Waals surface area contributed by atoms with Crippen molar-refractivity contribution in [2.45, 2.75) is 6.42 Å². The van der Waals surface area contributed by atoms with Gasteiger partial charge in [-0.1, -0.05) is 22.0 Å². The summed E-state index contributed by atoms with van der Waals surface area (Å²) < 4.78 is 0.554. The predicted molar refractivity (Wildman–Crippen MR) is 59.3 cm³/mol. The van der Waals surface area contributed by atoms with Gasteiger partial charge in [-0.05, 0) is 6.07 Å².